The topological polar surface area (TPSA) is 76.0 Å². The maximum atomic E-state index is 10.6. The van der Waals surface area contributed by atoms with Crippen molar-refractivity contribution in [2.45, 2.75) is 22.0 Å². The molecule has 0 aliphatic rings. The molecule has 2 heterocycles. The van der Waals surface area contributed by atoms with Crippen LogP contribution in [0, 0.1) is 6.92 Å². The minimum Gasteiger partial charge on any atom is -0.481 e. The van der Waals surface area contributed by atoms with Gasteiger partial charge in [0.25, 0.3) is 0 Å². The Morgan fingerprint density at radius 3 is 3.00 bits per heavy atom. The molecule has 0 saturated heterocycles. The van der Waals surface area contributed by atoms with E-state index in [1.165, 1.54) is 34.4 Å². The predicted molar refractivity (Wildman–Crippen MR) is 62.2 cm³/mol. The second-order valence-corrected chi connectivity index (χ2v) is 6.28. The number of carbonyl (C=O) groups is 1. The maximum absolute atomic E-state index is 10.6. The molecule has 5 nitrogen and oxygen atoms in total. The molecule has 0 saturated carbocycles. The van der Waals surface area contributed by atoms with Crippen LogP contribution in [0.5, 0.6) is 0 Å². The number of carboxylic acids is 1. The Balaban J connectivity index is 2.14. The molecule has 0 atom stereocenters. The molecule has 0 amide bonds. The van der Waals surface area contributed by atoms with Crippen molar-refractivity contribution in [2.24, 2.45) is 0 Å². The van der Waals surface area contributed by atoms with Gasteiger partial charge in [-0.05, 0) is 18.7 Å². The highest BCUT2D eigenvalue weighted by atomic mass is 32.2. The summed E-state index contributed by atoms with van der Waals surface area (Å²) >= 11 is 4.25. The molecule has 0 bridgehead atoms. The van der Waals surface area contributed by atoms with Gasteiger partial charge in [-0.3, -0.25) is 4.79 Å². The van der Waals surface area contributed by atoms with E-state index in [-0.39, 0.29) is 6.42 Å². The highest BCUT2D eigenvalue weighted by Crippen LogP contribution is 2.33. The number of carboxylic acid groups (broad SMARTS) is 1. The van der Waals surface area contributed by atoms with Crippen LogP contribution in [-0.4, -0.2) is 26.3 Å². The van der Waals surface area contributed by atoms with Crippen LogP contribution < -0.4 is 0 Å². The first-order valence-electron chi connectivity index (χ1n) is 4.27. The third-order valence-corrected chi connectivity index (χ3v) is 4.70. The molecule has 0 spiro atoms. The first-order valence-corrected chi connectivity index (χ1v) is 6.78. The Hall–Kier alpha value is -0.990. The van der Waals surface area contributed by atoms with Gasteiger partial charge in [0.2, 0.25) is 0 Å². The fraction of sp³-hybridized carbons (Fsp3) is 0.250. The molecule has 16 heavy (non-hydrogen) atoms. The van der Waals surface area contributed by atoms with E-state index in [1.54, 1.807) is 5.51 Å². The number of aromatic nitrogens is 3. The standard InChI is InChI=1S/C8H7N3O2S3/c1-4-5(2-6(12)13)15-7(10-4)16-8-11-9-3-14-8/h3H,2H2,1H3,(H,12,13). The van der Waals surface area contributed by atoms with E-state index < -0.39 is 5.97 Å². The Labute approximate surface area is 104 Å². The number of aliphatic carboxylic acids is 1. The largest absolute Gasteiger partial charge is 0.481 e. The van der Waals surface area contributed by atoms with Gasteiger partial charge in [-0.15, -0.1) is 21.5 Å². The molecule has 1 N–H and O–H groups in total. The van der Waals surface area contributed by atoms with Gasteiger partial charge in [0, 0.05) is 4.88 Å². The van der Waals surface area contributed by atoms with Crippen LogP contribution in [0.1, 0.15) is 10.6 Å². The summed E-state index contributed by atoms with van der Waals surface area (Å²) in [4.78, 5) is 15.7. The van der Waals surface area contributed by atoms with Crippen molar-refractivity contribution in [3.63, 3.8) is 0 Å². The SMILES string of the molecule is Cc1nc(Sc2nncs2)sc1CC(=O)O. The fourth-order valence-electron chi connectivity index (χ4n) is 1.03. The number of aryl methyl sites for hydroxylation is 1. The number of nitrogens with zero attached hydrogens (tertiary/aromatic N) is 3. The third-order valence-electron chi connectivity index (χ3n) is 1.70. The fourth-order valence-corrected chi connectivity index (χ4v) is 3.93. The zero-order valence-corrected chi connectivity index (χ0v) is 10.7. The van der Waals surface area contributed by atoms with Gasteiger partial charge in [-0.1, -0.05) is 11.3 Å². The molecule has 2 aromatic heterocycles. The molecule has 0 aromatic carbocycles. The summed E-state index contributed by atoms with van der Waals surface area (Å²) in [7, 11) is 0. The molecule has 0 aliphatic heterocycles. The minimum absolute atomic E-state index is 0.0280. The molecule has 0 aliphatic carbocycles. The lowest BCUT2D eigenvalue weighted by Crippen LogP contribution is -1.99. The summed E-state index contributed by atoms with van der Waals surface area (Å²) in [5.41, 5.74) is 2.43. The second-order valence-electron chi connectivity index (χ2n) is 2.87. The number of hydrogen-bond donors (Lipinski definition) is 1. The van der Waals surface area contributed by atoms with Crippen molar-refractivity contribution in [3.05, 3.63) is 16.1 Å². The van der Waals surface area contributed by atoms with Crippen LogP contribution in [0.2, 0.25) is 0 Å². The first kappa shape index (κ1) is 11.5. The van der Waals surface area contributed by atoms with Crippen molar-refractivity contribution in [2.75, 3.05) is 0 Å². The van der Waals surface area contributed by atoms with Crippen molar-refractivity contribution in [1.82, 2.24) is 15.2 Å². The van der Waals surface area contributed by atoms with E-state index in [9.17, 15) is 4.79 Å². The summed E-state index contributed by atoms with van der Waals surface area (Å²) in [6, 6.07) is 0. The lowest BCUT2D eigenvalue weighted by atomic mass is 10.3. The van der Waals surface area contributed by atoms with Crippen LogP contribution in [-0.2, 0) is 11.2 Å². The molecule has 0 unspecified atom stereocenters. The molecule has 2 rings (SSSR count). The molecular weight excluding hydrogens is 266 g/mol. The first-order chi connectivity index (χ1) is 7.65. The van der Waals surface area contributed by atoms with E-state index >= 15 is 0 Å². The number of rotatable bonds is 4. The van der Waals surface area contributed by atoms with Crippen LogP contribution in [0.25, 0.3) is 0 Å². The summed E-state index contributed by atoms with van der Waals surface area (Å²) in [5, 5.41) is 16.3. The smallest absolute Gasteiger partial charge is 0.308 e. The summed E-state index contributed by atoms with van der Waals surface area (Å²) in [5.74, 6) is -0.834. The highest BCUT2D eigenvalue weighted by molar-refractivity contribution is 8.02. The average Bonchev–Trinajstić information content (AvgIpc) is 2.78. The zero-order valence-electron chi connectivity index (χ0n) is 8.21. The Morgan fingerprint density at radius 2 is 2.38 bits per heavy atom. The molecule has 0 radical (unpaired) electrons. The van der Waals surface area contributed by atoms with Crippen molar-refractivity contribution in [3.8, 4) is 0 Å². The number of thiazole rings is 1. The molecule has 2 aromatic rings. The lowest BCUT2D eigenvalue weighted by molar-refractivity contribution is -0.136. The van der Waals surface area contributed by atoms with Crippen LogP contribution in [0.15, 0.2) is 14.2 Å². The third kappa shape index (κ3) is 2.77. The Morgan fingerprint density at radius 1 is 1.56 bits per heavy atom. The predicted octanol–water partition coefficient (Wildman–Crippen LogP) is 2.08. The van der Waals surface area contributed by atoms with E-state index in [2.05, 4.69) is 15.2 Å². The van der Waals surface area contributed by atoms with Crippen molar-refractivity contribution in [1.29, 1.82) is 0 Å². The van der Waals surface area contributed by atoms with Crippen LogP contribution >= 0.6 is 34.4 Å². The van der Waals surface area contributed by atoms with Crippen LogP contribution in [0.4, 0.5) is 0 Å². The summed E-state index contributed by atoms with van der Waals surface area (Å²) in [6.07, 6.45) is 0.0280. The minimum atomic E-state index is -0.834. The van der Waals surface area contributed by atoms with Gasteiger partial charge >= 0.3 is 5.97 Å². The van der Waals surface area contributed by atoms with Crippen molar-refractivity contribution < 1.29 is 9.90 Å². The van der Waals surface area contributed by atoms with E-state index in [4.69, 9.17) is 5.11 Å². The monoisotopic (exact) mass is 273 g/mol. The Bertz CT molecular complexity index is 495. The summed E-state index contributed by atoms with van der Waals surface area (Å²) < 4.78 is 1.63. The normalized spacial score (nSPS) is 10.6. The second kappa shape index (κ2) is 4.89. The average molecular weight is 273 g/mol. The van der Waals surface area contributed by atoms with Crippen LogP contribution in [0.3, 0.4) is 0 Å². The molecule has 0 fully saturated rings. The number of hydrogen-bond acceptors (Lipinski definition) is 7. The van der Waals surface area contributed by atoms with E-state index in [0.717, 1.165) is 19.3 Å². The molecule has 84 valence electrons. The van der Waals surface area contributed by atoms with Gasteiger partial charge in [0.15, 0.2) is 8.68 Å². The highest BCUT2D eigenvalue weighted by Gasteiger charge is 2.12. The van der Waals surface area contributed by atoms with Crippen molar-refractivity contribution >= 4 is 40.4 Å². The van der Waals surface area contributed by atoms with Gasteiger partial charge in [-0.2, -0.15) is 0 Å². The molecule has 8 heteroatoms. The molecular formula is C8H7N3O2S3. The van der Waals surface area contributed by atoms with Gasteiger partial charge in [0.05, 0.1) is 12.1 Å². The summed E-state index contributed by atoms with van der Waals surface area (Å²) in [6.45, 7) is 1.82. The van der Waals surface area contributed by atoms with Gasteiger partial charge in [0.1, 0.15) is 5.51 Å². The van der Waals surface area contributed by atoms with Gasteiger partial charge < -0.3 is 5.11 Å². The van der Waals surface area contributed by atoms with E-state index in [1.807, 2.05) is 6.92 Å². The maximum Gasteiger partial charge on any atom is 0.308 e. The quantitative estimate of drug-likeness (QED) is 0.919. The Kier molecular flexibility index (Phi) is 3.52. The van der Waals surface area contributed by atoms with Gasteiger partial charge in [-0.25, -0.2) is 4.98 Å². The van der Waals surface area contributed by atoms with E-state index in [0.29, 0.717) is 0 Å². The lowest BCUT2D eigenvalue weighted by Gasteiger charge is -1.89. The zero-order chi connectivity index (χ0) is 11.5.